The Hall–Kier alpha value is -2.17. The minimum Gasteiger partial charge on any atom is -0.311 e. The van der Waals surface area contributed by atoms with Crippen LogP contribution >= 0.6 is 22.9 Å². The van der Waals surface area contributed by atoms with Crippen molar-refractivity contribution in [2.45, 2.75) is 6.54 Å². The van der Waals surface area contributed by atoms with Gasteiger partial charge in [0.2, 0.25) is 0 Å². The van der Waals surface area contributed by atoms with E-state index >= 15 is 0 Å². The van der Waals surface area contributed by atoms with E-state index in [0.29, 0.717) is 21.9 Å². The van der Waals surface area contributed by atoms with Crippen molar-refractivity contribution in [2.75, 3.05) is 0 Å². The van der Waals surface area contributed by atoms with Gasteiger partial charge in [-0.05, 0) is 24.3 Å². The van der Waals surface area contributed by atoms with Gasteiger partial charge in [-0.15, -0.1) is 6.58 Å². The SMILES string of the molecule is C=CCn1c(=NC(=O)c2ccccc2)sc2cccc(Cl)c21. The zero-order valence-electron chi connectivity index (χ0n) is 11.7. The Morgan fingerprint density at radius 3 is 2.73 bits per heavy atom. The Balaban J connectivity index is 2.20. The number of carbonyl (C=O) groups excluding carboxylic acids is 1. The Morgan fingerprint density at radius 1 is 1.23 bits per heavy atom. The van der Waals surface area contributed by atoms with Crippen LogP contribution in [0.5, 0.6) is 0 Å². The standard InChI is InChI=1S/C17H13ClN2OS/c1-2-11-20-15-13(18)9-6-10-14(15)22-17(20)19-16(21)12-7-4-3-5-8-12/h2-10H,1,11H2. The average Bonchev–Trinajstić information content (AvgIpc) is 2.87. The first-order valence-electron chi connectivity index (χ1n) is 6.73. The van der Waals surface area contributed by atoms with Crippen molar-refractivity contribution in [3.05, 3.63) is 76.6 Å². The molecule has 5 heteroatoms. The van der Waals surface area contributed by atoms with Gasteiger partial charge in [-0.25, -0.2) is 0 Å². The first-order chi connectivity index (χ1) is 10.7. The highest BCUT2D eigenvalue weighted by molar-refractivity contribution is 7.16. The number of para-hydroxylation sites is 1. The topological polar surface area (TPSA) is 34.4 Å². The van der Waals surface area contributed by atoms with Crippen molar-refractivity contribution in [1.82, 2.24) is 4.57 Å². The Bertz CT molecular complexity index is 909. The fourth-order valence-corrected chi connectivity index (χ4v) is 3.60. The number of halogens is 1. The van der Waals surface area contributed by atoms with Crippen LogP contribution in [0, 0.1) is 0 Å². The molecule has 0 aliphatic carbocycles. The predicted molar refractivity (Wildman–Crippen MR) is 91.4 cm³/mol. The van der Waals surface area contributed by atoms with E-state index in [0.717, 1.165) is 10.2 Å². The van der Waals surface area contributed by atoms with Crippen molar-refractivity contribution < 1.29 is 4.79 Å². The number of hydrogen-bond acceptors (Lipinski definition) is 2. The third kappa shape index (κ3) is 2.75. The Kier molecular flexibility index (Phi) is 4.22. The second-order valence-corrected chi connectivity index (χ2v) is 6.07. The van der Waals surface area contributed by atoms with E-state index in [2.05, 4.69) is 11.6 Å². The van der Waals surface area contributed by atoms with Gasteiger partial charge in [0.25, 0.3) is 5.91 Å². The van der Waals surface area contributed by atoms with Crippen molar-refractivity contribution in [3.8, 4) is 0 Å². The fourth-order valence-electron chi connectivity index (χ4n) is 2.20. The van der Waals surface area contributed by atoms with E-state index in [1.807, 2.05) is 41.0 Å². The van der Waals surface area contributed by atoms with E-state index in [1.54, 1.807) is 18.2 Å². The van der Waals surface area contributed by atoms with Gasteiger partial charge in [0.1, 0.15) is 0 Å². The van der Waals surface area contributed by atoms with Crippen molar-refractivity contribution in [1.29, 1.82) is 0 Å². The molecule has 3 aromatic rings. The molecule has 0 bridgehead atoms. The first kappa shape index (κ1) is 14.8. The number of fused-ring (bicyclic) bond motifs is 1. The van der Waals surface area contributed by atoms with E-state index < -0.39 is 0 Å². The number of allylic oxidation sites excluding steroid dienone is 1. The summed E-state index contributed by atoms with van der Waals surface area (Å²) < 4.78 is 2.91. The molecule has 3 rings (SSSR count). The number of amides is 1. The minimum absolute atomic E-state index is 0.263. The molecule has 0 unspecified atom stereocenters. The number of nitrogens with zero attached hydrogens (tertiary/aromatic N) is 2. The molecule has 0 aliphatic rings. The summed E-state index contributed by atoms with van der Waals surface area (Å²) in [6.07, 6.45) is 1.77. The molecule has 0 saturated carbocycles. The molecule has 0 saturated heterocycles. The smallest absolute Gasteiger partial charge is 0.279 e. The van der Waals surface area contributed by atoms with Crippen LogP contribution in [0.15, 0.2) is 66.2 Å². The molecule has 0 spiro atoms. The van der Waals surface area contributed by atoms with Gasteiger partial charge in [0, 0.05) is 12.1 Å². The van der Waals surface area contributed by atoms with Crippen LogP contribution in [0.25, 0.3) is 10.2 Å². The van der Waals surface area contributed by atoms with Gasteiger partial charge in [-0.2, -0.15) is 4.99 Å². The summed E-state index contributed by atoms with van der Waals surface area (Å²) in [6.45, 7) is 4.31. The lowest BCUT2D eigenvalue weighted by molar-refractivity contribution is 0.0998. The van der Waals surface area contributed by atoms with Crippen LogP contribution in [0.1, 0.15) is 10.4 Å². The van der Waals surface area contributed by atoms with Gasteiger partial charge in [-0.3, -0.25) is 4.79 Å². The summed E-state index contributed by atoms with van der Waals surface area (Å²) in [5, 5.41) is 0.643. The van der Waals surface area contributed by atoms with Gasteiger partial charge < -0.3 is 4.57 Å². The minimum atomic E-state index is -0.263. The molecule has 3 nitrogen and oxygen atoms in total. The molecule has 0 fully saturated rings. The highest BCUT2D eigenvalue weighted by Gasteiger charge is 2.10. The van der Waals surface area contributed by atoms with Gasteiger partial charge >= 0.3 is 0 Å². The van der Waals surface area contributed by atoms with Crippen LogP contribution < -0.4 is 4.80 Å². The third-order valence-corrected chi connectivity index (χ3v) is 4.53. The van der Waals surface area contributed by atoms with Crippen molar-refractivity contribution >= 4 is 39.1 Å². The number of thiazole rings is 1. The van der Waals surface area contributed by atoms with Crippen LogP contribution in [-0.2, 0) is 6.54 Å². The van der Waals surface area contributed by atoms with Crippen LogP contribution in [-0.4, -0.2) is 10.5 Å². The molecule has 0 N–H and O–H groups in total. The summed E-state index contributed by atoms with van der Waals surface area (Å²) in [6, 6.07) is 14.7. The monoisotopic (exact) mass is 328 g/mol. The molecular formula is C17H13ClN2OS. The molecule has 22 heavy (non-hydrogen) atoms. The Labute approximate surface area is 136 Å². The molecule has 1 aromatic heterocycles. The maximum atomic E-state index is 12.3. The van der Waals surface area contributed by atoms with E-state index in [-0.39, 0.29) is 5.91 Å². The zero-order chi connectivity index (χ0) is 15.5. The maximum absolute atomic E-state index is 12.3. The van der Waals surface area contributed by atoms with E-state index in [4.69, 9.17) is 11.6 Å². The quantitative estimate of drug-likeness (QED) is 0.661. The molecular weight excluding hydrogens is 316 g/mol. The fraction of sp³-hybridized carbons (Fsp3) is 0.0588. The first-order valence-corrected chi connectivity index (χ1v) is 7.93. The van der Waals surface area contributed by atoms with Crippen LogP contribution in [0.3, 0.4) is 0 Å². The number of carbonyl (C=O) groups is 1. The molecule has 1 heterocycles. The van der Waals surface area contributed by atoms with Gasteiger partial charge in [-0.1, -0.05) is 53.3 Å². The normalized spacial score (nSPS) is 11.8. The lowest BCUT2D eigenvalue weighted by Crippen LogP contribution is -2.16. The number of aromatic nitrogens is 1. The number of rotatable bonds is 3. The van der Waals surface area contributed by atoms with E-state index in [9.17, 15) is 4.79 Å². The molecule has 0 aliphatic heterocycles. The highest BCUT2D eigenvalue weighted by Crippen LogP contribution is 2.25. The summed E-state index contributed by atoms with van der Waals surface area (Å²) in [5.41, 5.74) is 1.45. The number of benzene rings is 2. The highest BCUT2D eigenvalue weighted by atomic mass is 35.5. The molecule has 0 atom stereocenters. The summed E-state index contributed by atoms with van der Waals surface area (Å²) in [7, 11) is 0. The lowest BCUT2D eigenvalue weighted by Gasteiger charge is -2.02. The lowest BCUT2D eigenvalue weighted by atomic mass is 10.2. The van der Waals surface area contributed by atoms with Gasteiger partial charge in [0.05, 0.1) is 15.2 Å². The van der Waals surface area contributed by atoms with Crippen molar-refractivity contribution in [2.24, 2.45) is 4.99 Å². The molecule has 1 amide bonds. The number of hydrogen-bond donors (Lipinski definition) is 0. The summed E-state index contributed by atoms with van der Waals surface area (Å²) in [5.74, 6) is -0.263. The van der Waals surface area contributed by atoms with E-state index in [1.165, 1.54) is 11.3 Å². The second kappa shape index (κ2) is 6.30. The van der Waals surface area contributed by atoms with Gasteiger partial charge in [0.15, 0.2) is 4.80 Å². The Morgan fingerprint density at radius 2 is 2.00 bits per heavy atom. The van der Waals surface area contributed by atoms with Crippen LogP contribution in [0.2, 0.25) is 5.02 Å². The zero-order valence-corrected chi connectivity index (χ0v) is 13.3. The van der Waals surface area contributed by atoms with Crippen LogP contribution in [0.4, 0.5) is 0 Å². The molecule has 2 aromatic carbocycles. The average molecular weight is 329 g/mol. The largest absolute Gasteiger partial charge is 0.311 e. The maximum Gasteiger partial charge on any atom is 0.279 e. The molecule has 110 valence electrons. The third-order valence-electron chi connectivity index (χ3n) is 3.18. The second-order valence-electron chi connectivity index (χ2n) is 4.65. The van der Waals surface area contributed by atoms with Crippen molar-refractivity contribution in [3.63, 3.8) is 0 Å². The molecule has 0 radical (unpaired) electrons. The summed E-state index contributed by atoms with van der Waals surface area (Å²) >= 11 is 7.73. The predicted octanol–water partition coefficient (Wildman–Crippen LogP) is 4.28. The summed E-state index contributed by atoms with van der Waals surface area (Å²) in [4.78, 5) is 17.2.